The minimum atomic E-state index is -3.18. The summed E-state index contributed by atoms with van der Waals surface area (Å²) >= 11 is 0.597. The van der Waals surface area contributed by atoms with Gasteiger partial charge in [-0.1, -0.05) is 11.3 Å². The van der Waals surface area contributed by atoms with Crippen LogP contribution in [0.2, 0.25) is 0 Å². The Morgan fingerprint density at radius 1 is 1.14 bits per heavy atom. The summed E-state index contributed by atoms with van der Waals surface area (Å²) in [5.74, 6) is -2.85. The number of hydrogen-bond donors (Lipinski definition) is 2. The maximum absolute atomic E-state index is 14.8. The predicted molar refractivity (Wildman–Crippen MR) is 130 cm³/mol. The highest BCUT2D eigenvalue weighted by atomic mass is 32.1. The number of aromatic nitrogens is 3. The molecular formula is C22H27F3N8O3S. The Morgan fingerprint density at radius 3 is 2.54 bits per heavy atom. The first-order valence-electron chi connectivity index (χ1n) is 12.0. The highest BCUT2D eigenvalue weighted by molar-refractivity contribution is 7.14. The number of rotatable bonds is 5. The number of carbonyl (C=O) groups excluding carboxylic acids is 2. The van der Waals surface area contributed by atoms with Gasteiger partial charge in [-0.25, -0.2) is 28.3 Å². The highest BCUT2D eigenvalue weighted by Crippen LogP contribution is 2.36. The Bertz CT molecular complexity index is 1150. The second kappa shape index (κ2) is 9.93. The summed E-state index contributed by atoms with van der Waals surface area (Å²) in [7, 11) is 1.24. The monoisotopic (exact) mass is 540 g/mol. The van der Waals surface area contributed by atoms with E-state index in [0.717, 1.165) is 50.0 Å². The van der Waals surface area contributed by atoms with Gasteiger partial charge in [0.25, 0.3) is 5.92 Å². The fraction of sp³-hybridized carbons (Fsp3) is 0.591. The van der Waals surface area contributed by atoms with E-state index in [1.54, 1.807) is 0 Å². The summed E-state index contributed by atoms with van der Waals surface area (Å²) < 4.78 is 48.6. The Morgan fingerprint density at radius 2 is 1.86 bits per heavy atom. The molecule has 0 saturated carbocycles. The first-order chi connectivity index (χ1) is 17.6. The molecule has 4 saturated heterocycles. The van der Waals surface area contributed by atoms with Crippen molar-refractivity contribution in [3.8, 4) is 0 Å². The molecule has 0 aliphatic carbocycles. The number of ether oxygens (including phenoxy) is 1. The summed E-state index contributed by atoms with van der Waals surface area (Å²) in [5.41, 5.74) is -0.462. The van der Waals surface area contributed by atoms with Crippen molar-refractivity contribution in [3.05, 3.63) is 23.6 Å². The molecule has 15 heteroatoms. The van der Waals surface area contributed by atoms with Crippen LogP contribution >= 0.6 is 11.3 Å². The number of likely N-dealkylation sites (N-methyl/N-ethyl adjacent to an activating group) is 1. The number of nitrogens with zero attached hydrogens (tertiary/aromatic N) is 6. The molecule has 4 aliphatic heterocycles. The molecule has 2 aromatic heterocycles. The van der Waals surface area contributed by atoms with Crippen molar-refractivity contribution in [2.75, 3.05) is 55.3 Å². The third-order valence-electron chi connectivity index (χ3n) is 7.19. The van der Waals surface area contributed by atoms with Crippen LogP contribution in [0.1, 0.15) is 25.7 Å². The third kappa shape index (κ3) is 5.56. The summed E-state index contributed by atoms with van der Waals surface area (Å²) in [6.45, 7) is 2.40. The average molecular weight is 541 g/mol. The quantitative estimate of drug-likeness (QED) is 0.594. The number of anilines is 3. The van der Waals surface area contributed by atoms with E-state index >= 15 is 0 Å². The maximum Gasteiger partial charge on any atom is 0.413 e. The van der Waals surface area contributed by atoms with Crippen molar-refractivity contribution in [2.24, 2.45) is 0 Å². The van der Waals surface area contributed by atoms with E-state index in [0.29, 0.717) is 11.3 Å². The zero-order valence-corrected chi connectivity index (χ0v) is 20.9. The zero-order valence-electron chi connectivity index (χ0n) is 20.1. The van der Waals surface area contributed by atoms with Gasteiger partial charge in [-0.2, -0.15) is 9.37 Å². The number of carbonyl (C=O) groups is 2. The summed E-state index contributed by atoms with van der Waals surface area (Å²) in [6, 6.07) is -0.852. The Balaban J connectivity index is 1.23. The van der Waals surface area contributed by atoms with Gasteiger partial charge >= 0.3 is 12.1 Å². The second-order valence-corrected chi connectivity index (χ2v) is 10.5. The van der Waals surface area contributed by atoms with E-state index in [1.165, 1.54) is 24.2 Å². The summed E-state index contributed by atoms with van der Waals surface area (Å²) in [5, 5.41) is 4.33. The van der Waals surface area contributed by atoms with Crippen molar-refractivity contribution < 1.29 is 27.5 Å². The molecule has 11 nitrogen and oxygen atoms in total. The molecule has 6 heterocycles. The van der Waals surface area contributed by atoms with Gasteiger partial charge in [0.1, 0.15) is 17.5 Å². The fourth-order valence-electron chi connectivity index (χ4n) is 4.95. The second-order valence-electron chi connectivity index (χ2n) is 9.51. The number of halogens is 3. The van der Waals surface area contributed by atoms with Crippen LogP contribution in [0, 0.1) is 5.13 Å². The molecule has 37 heavy (non-hydrogen) atoms. The van der Waals surface area contributed by atoms with Gasteiger partial charge in [-0.3, -0.25) is 10.6 Å². The van der Waals surface area contributed by atoms with Gasteiger partial charge in [0.15, 0.2) is 10.3 Å². The van der Waals surface area contributed by atoms with Crippen LogP contribution in [-0.2, 0) is 4.74 Å². The standard InChI is InChI=1S/C22H27F3N8O3S/c1-31(19(34)30-18-27-12-15(23)37-18)14-13-33(11-6-22(14,24)25)17-26-7-2-16(28-17)29-20(35)36-21-3-8-32(9-4-21)10-5-21/h2,7,12,14H,3-6,8-11,13H2,1H3,(H,27,30,34)(H,26,28,29,35)/t14-/m0/s1. The van der Waals surface area contributed by atoms with Crippen molar-refractivity contribution >= 4 is 40.4 Å². The number of fused-ring (bicyclic) bond motifs is 3. The predicted octanol–water partition coefficient (Wildman–Crippen LogP) is 3.24. The molecule has 4 aliphatic rings. The zero-order chi connectivity index (χ0) is 26.2. The Kier molecular flexibility index (Phi) is 6.83. The van der Waals surface area contributed by atoms with Crippen LogP contribution in [0.25, 0.3) is 0 Å². The van der Waals surface area contributed by atoms with Gasteiger partial charge in [0.2, 0.25) is 5.95 Å². The Hall–Kier alpha value is -3.20. The molecule has 2 bridgehead atoms. The molecule has 3 amide bonds. The Labute approximate surface area is 215 Å². The molecule has 0 radical (unpaired) electrons. The number of amides is 3. The molecular weight excluding hydrogens is 513 g/mol. The van der Waals surface area contributed by atoms with Gasteiger partial charge < -0.3 is 19.4 Å². The molecule has 4 fully saturated rings. The topological polar surface area (TPSA) is 116 Å². The van der Waals surface area contributed by atoms with Crippen LogP contribution in [0.5, 0.6) is 0 Å². The van der Waals surface area contributed by atoms with Crippen molar-refractivity contribution in [1.82, 2.24) is 24.8 Å². The largest absolute Gasteiger partial charge is 0.443 e. The lowest BCUT2D eigenvalue weighted by atomic mass is 9.83. The normalized spacial score (nSPS) is 26.4. The van der Waals surface area contributed by atoms with Crippen molar-refractivity contribution in [3.63, 3.8) is 0 Å². The highest BCUT2D eigenvalue weighted by Gasteiger charge is 2.48. The van der Waals surface area contributed by atoms with E-state index in [2.05, 4.69) is 30.5 Å². The first kappa shape index (κ1) is 25.4. The van der Waals surface area contributed by atoms with E-state index in [1.807, 2.05) is 0 Å². The molecule has 6 rings (SSSR count). The SMILES string of the molecule is CN(C(=O)Nc1ncc(F)s1)[C@H]1CN(c2nccc(NC(=O)OC34CCN(CC3)CC4)n2)CCC1(F)F. The van der Waals surface area contributed by atoms with Crippen LogP contribution in [0.15, 0.2) is 18.5 Å². The number of nitrogens with one attached hydrogen (secondary N) is 2. The lowest BCUT2D eigenvalue weighted by Crippen LogP contribution is -2.60. The summed E-state index contributed by atoms with van der Waals surface area (Å²) in [6.07, 6.45) is 3.57. The maximum atomic E-state index is 14.8. The van der Waals surface area contributed by atoms with Gasteiger partial charge in [-0.05, 0) is 6.07 Å². The smallest absolute Gasteiger partial charge is 0.413 e. The van der Waals surface area contributed by atoms with Gasteiger partial charge in [0, 0.05) is 71.7 Å². The number of alkyl halides is 2. The fourth-order valence-corrected chi connectivity index (χ4v) is 5.49. The van der Waals surface area contributed by atoms with Crippen molar-refractivity contribution in [2.45, 2.75) is 43.2 Å². The first-order valence-corrected chi connectivity index (χ1v) is 12.8. The minimum Gasteiger partial charge on any atom is -0.443 e. The minimum absolute atomic E-state index is 0.0300. The lowest BCUT2D eigenvalue weighted by molar-refractivity contribution is -0.0760. The van der Waals surface area contributed by atoms with E-state index < -0.39 is 41.2 Å². The molecule has 200 valence electrons. The average Bonchev–Trinajstić information content (AvgIpc) is 3.28. The molecule has 0 aromatic carbocycles. The van der Waals surface area contributed by atoms with Crippen LogP contribution in [-0.4, -0.2) is 94.2 Å². The van der Waals surface area contributed by atoms with E-state index in [9.17, 15) is 22.8 Å². The van der Waals surface area contributed by atoms with Crippen LogP contribution in [0.4, 0.5) is 39.7 Å². The third-order valence-corrected chi connectivity index (χ3v) is 7.89. The summed E-state index contributed by atoms with van der Waals surface area (Å²) in [4.78, 5) is 42.1. The molecule has 0 unspecified atom stereocenters. The van der Waals surface area contributed by atoms with E-state index in [-0.39, 0.29) is 30.0 Å². The van der Waals surface area contributed by atoms with Crippen LogP contribution < -0.4 is 15.5 Å². The number of thiazole rings is 1. The molecule has 1 atom stereocenters. The molecule has 2 N–H and O–H groups in total. The molecule has 2 aromatic rings. The lowest BCUT2D eigenvalue weighted by Gasteiger charge is -2.47. The van der Waals surface area contributed by atoms with Crippen LogP contribution in [0.3, 0.4) is 0 Å². The number of piperidine rings is 4. The number of urea groups is 1. The number of hydrogen-bond acceptors (Lipinski definition) is 9. The van der Waals surface area contributed by atoms with Gasteiger partial charge in [0.05, 0.1) is 6.20 Å². The van der Waals surface area contributed by atoms with Crippen molar-refractivity contribution in [1.29, 1.82) is 0 Å². The van der Waals surface area contributed by atoms with E-state index in [4.69, 9.17) is 4.74 Å². The molecule has 0 spiro atoms. The van der Waals surface area contributed by atoms with Gasteiger partial charge in [-0.15, -0.1) is 0 Å².